The molecule has 0 bridgehead atoms. The molecule has 0 aliphatic heterocycles. The Balaban J connectivity index is 2.54. The lowest BCUT2D eigenvalue weighted by molar-refractivity contribution is 0.0910. The summed E-state index contributed by atoms with van der Waals surface area (Å²) < 4.78 is 1.70. The first-order valence-corrected chi connectivity index (χ1v) is 6.74. The Morgan fingerprint density at radius 3 is 2.78 bits per heavy atom. The van der Waals surface area contributed by atoms with Gasteiger partial charge in [-0.1, -0.05) is 25.5 Å². The van der Waals surface area contributed by atoms with Gasteiger partial charge in [0.15, 0.2) is 5.78 Å². The summed E-state index contributed by atoms with van der Waals surface area (Å²) in [6.45, 7) is 6.76. The fourth-order valence-electron chi connectivity index (χ4n) is 1.96. The van der Waals surface area contributed by atoms with Gasteiger partial charge < -0.3 is 5.73 Å². The van der Waals surface area contributed by atoms with Crippen LogP contribution in [0.4, 0.5) is 0 Å². The maximum atomic E-state index is 12.2. The van der Waals surface area contributed by atoms with E-state index in [1.807, 2.05) is 13.8 Å². The van der Waals surface area contributed by atoms with E-state index in [4.69, 9.17) is 5.73 Å². The molecule has 0 aliphatic rings. The van der Waals surface area contributed by atoms with Gasteiger partial charge in [-0.3, -0.25) is 4.79 Å². The number of nitrogens with zero attached hydrogens (tertiary/aromatic N) is 3. The van der Waals surface area contributed by atoms with E-state index >= 15 is 0 Å². The Hall–Kier alpha value is -1.23. The highest BCUT2D eigenvalue weighted by atomic mass is 16.1. The predicted molar refractivity (Wildman–Crippen MR) is 71.3 cm³/mol. The second kappa shape index (κ2) is 7.26. The van der Waals surface area contributed by atoms with E-state index in [2.05, 4.69) is 17.2 Å². The second-order valence-corrected chi connectivity index (χ2v) is 5.02. The zero-order valence-corrected chi connectivity index (χ0v) is 11.6. The van der Waals surface area contributed by atoms with Crippen LogP contribution in [0.15, 0.2) is 6.20 Å². The van der Waals surface area contributed by atoms with Gasteiger partial charge in [-0.2, -0.15) is 0 Å². The van der Waals surface area contributed by atoms with Gasteiger partial charge in [0.1, 0.15) is 5.69 Å². The summed E-state index contributed by atoms with van der Waals surface area (Å²) >= 11 is 0. The number of ketones is 1. The van der Waals surface area contributed by atoms with Crippen molar-refractivity contribution in [3.63, 3.8) is 0 Å². The zero-order valence-electron chi connectivity index (χ0n) is 11.6. The summed E-state index contributed by atoms with van der Waals surface area (Å²) in [7, 11) is 0. The van der Waals surface area contributed by atoms with E-state index in [0.29, 0.717) is 5.69 Å². The molecule has 2 N–H and O–H groups in total. The minimum atomic E-state index is 0.0119. The molecule has 0 aromatic carbocycles. The Kier molecular flexibility index (Phi) is 5.98. The molecule has 0 saturated heterocycles. The van der Waals surface area contributed by atoms with Gasteiger partial charge in [0, 0.05) is 18.5 Å². The van der Waals surface area contributed by atoms with Crippen LogP contribution in [-0.2, 0) is 6.54 Å². The Morgan fingerprint density at radius 2 is 2.17 bits per heavy atom. The van der Waals surface area contributed by atoms with Crippen molar-refractivity contribution in [3.8, 4) is 0 Å². The summed E-state index contributed by atoms with van der Waals surface area (Å²) in [6.07, 6.45) is 5.34. The van der Waals surface area contributed by atoms with Gasteiger partial charge in [0.2, 0.25) is 0 Å². The lowest BCUT2D eigenvalue weighted by Crippen LogP contribution is -2.19. The molecule has 0 spiro atoms. The topological polar surface area (TPSA) is 73.8 Å². The third-order valence-electron chi connectivity index (χ3n) is 3.05. The Labute approximate surface area is 109 Å². The molecule has 0 amide bonds. The summed E-state index contributed by atoms with van der Waals surface area (Å²) in [5.41, 5.74) is 6.33. The predicted octanol–water partition coefficient (Wildman–Crippen LogP) is 2.02. The van der Waals surface area contributed by atoms with Crippen molar-refractivity contribution in [2.75, 3.05) is 0 Å². The molecule has 1 rings (SSSR count). The monoisotopic (exact) mass is 252 g/mol. The lowest BCUT2D eigenvalue weighted by atomic mass is 9.96. The molecule has 0 aliphatic carbocycles. The van der Waals surface area contributed by atoms with Crippen LogP contribution in [0.1, 0.15) is 56.9 Å². The van der Waals surface area contributed by atoms with Crippen LogP contribution in [0.25, 0.3) is 0 Å². The standard InChI is InChI=1S/C13H24N4O/c1-4-8-17-12(9-15-16-17)13(18)10(2)6-5-7-11(3)14/h9-11H,4-8,14H2,1-3H3. The SMILES string of the molecule is CCCn1nncc1C(=O)C(C)CCCC(C)N. The van der Waals surface area contributed by atoms with Gasteiger partial charge in [-0.25, -0.2) is 4.68 Å². The maximum absolute atomic E-state index is 12.2. The largest absolute Gasteiger partial charge is 0.328 e. The van der Waals surface area contributed by atoms with Crippen molar-refractivity contribution in [2.45, 2.75) is 59.0 Å². The molecule has 1 aromatic rings. The highest BCUT2D eigenvalue weighted by molar-refractivity contribution is 5.95. The normalized spacial score (nSPS) is 14.4. The number of carbonyl (C=O) groups is 1. The Bertz CT molecular complexity index is 373. The first-order chi connectivity index (χ1) is 8.56. The molecule has 2 unspecified atom stereocenters. The van der Waals surface area contributed by atoms with Gasteiger partial charge in [0.05, 0.1) is 6.20 Å². The summed E-state index contributed by atoms with van der Waals surface area (Å²) in [6, 6.07) is 0.208. The molecular formula is C13H24N4O. The number of Topliss-reactive ketones (excluding diaryl/α,β-unsaturated/α-hetero) is 1. The van der Waals surface area contributed by atoms with Crippen molar-refractivity contribution in [2.24, 2.45) is 11.7 Å². The van der Waals surface area contributed by atoms with Gasteiger partial charge in [-0.05, 0) is 26.2 Å². The smallest absolute Gasteiger partial charge is 0.185 e. The van der Waals surface area contributed by atoms with Gasteiger partial charge >= 0.3 is 0 Å². The molecule has 102 valence electrons. The molecule has 0 fully saturated rings. The molecule has 5 nitrogen and oxygen atoms in total. The average molecular weight is 252 g/mol. The fourth-order valence-corrected chi connectivity index (χ4v) is 1.96. The van der Waals surface area contributed by atoms with E-state index in [1.54, 1.807) is 10.9 Å². The van der Waals surface area contributed by atoms with Crippen LogP contribution in [0, 0.1) is 5.92 Å². The summed E-state index contributed by atoms with van der Waals surface area (Å²) in [4.78, 5) is 12.2. The number of nitrogens with two attached hydrogens (primary N) is 1. The number of hydrogen-bond donors (Lipinski definition) is 1. The van der Waals surface area contributed by atoms with Crippen molar-refractivity contribution >= 4 is 5.78 Å². The van der Waals surface area contributed by atoms with Crippen molar-refractivity contribution in [1.82, 2.24) is 15.0 Å². The van der Waals surface area contributed by atoms with E-state index in [9.17, 15) is 4.79 Å². The first kappa shape index (κ1) is 14.8. The average Bonchev–Trinajstić information content (AvgIpc) is 2.76. The number of aryl methyl sites for hydroxylation is 1. The maximum Gasteiger partial charge on any atom is 0.185 e. The second-order valence-electron chi connectivity index (χ2n) is 5.02. The minimum Gasteiger partial charge on any atom is -0.328 e. The molecule has 2 atom stereocenters. The van der Waals surface area contributed by atoms with Crippen molar-refractivity contribution in [1.29, 1.82) is 0 Å². The van der Waals surface area contributed by atoms with Crippen LogP contribution >= 0.6 is 0 Å². The van der Waals surface area contributed by atoms with Crippen LogP contribution in [0.3, 0.4) is 0 Å². The number of aromatic nitrogens is 3. The van der Waals surface area contributed by atoms with Crippen LogP contribution < -0.4 is 5.73 Å². The Morgan fingerprint density at radius 1 is 1.44 bits per heavy atom. The molecule has 5 heteroatoms. The highest BCUT2D eigenvalue weighted by Crippen LogP contribution is 2.15. The van der Waals surface area contributed by atoms with E-state index in [0.717, 1.165) is 32.2 Å². The summed E-state index contributed by atoms with van der Waals surface area (Å²) in [5.74, 6) is 0.149. The number of rotatable bonds is 8. The minimum absolute atomic E-state index is 0.0119. The molecular weight excluding hydrogens is 228 g/mol. The highest BCUT2D eigenvalue weighted by Gasteiger charge is 2.19. The van der Waals surface area contributed by atoms with E-state index in [1.165, 1.54) is 0 Å². The van der Waals surface area contributed by atoms with Crippen LogP contribution in [0.5, 0.6) is 0 Å². The molecule has 0 radical (unpaired) electrons. The quantitative estimate of drug-likeness (QED) is 0.718. The number of hydrogen-bond acceptors (Lipinski definition) is 4. The van der Waals surface area contributed by atoms with Crippen LogP contribution in [-0.4, -0.2) is 26.8 Å². The fraction of sp³-hybridized carbons (Fsp3) is 0.769. The van der Waals surface area contributed by atoms with Crippen LogP contribution in [0.2, 0.25) is 0 Å². The van der Waals surface area contributed by atoms with E-state index < -0.39 is 0 Å². The molecule has 0 saturated carbocycles. The third-order valence-corrected chi connectivity index (χ3v) is 3.05. The number of carbonyl (C=O) groups excluding carboxylic acids is 1. The molecule has 1 aromatic heterocycles. The van der Waals surface area contributed by atoms with Crippen molar-refractivity contribution < 1.29 is 4.79 Å². The van der Waals surface area contributed by atoms with Gasteiger partial charge in [-0.15, -0.1) is 5.10 Å². The summed E-state index contributed by atoms with van der Waals surface area (Å²) in [5, 5.41) is 7.77. The third kappa shape index (κ3) is 4.22. The zero-order chi connectivity index (χ0) is 13.5. The first-order valence-electron chi connectivity index (χ1n) is 6.74. The van der Waals surface area contributed by atoms with E-state index in [-0.39, 0.29) is 17.7 Å². The van der Waals surface area contributed by atoms with Gasteiger partial charge in [0.25, 0.3) is 0 Å². The molecule has 1 heterocycles. The van der Waals surface area contributed by atoms with Crippen molar-refractivity contribution in [3.05, 3.63) is 11.9 Å². The molecule has 18 heavy (non-hydrogen) atoms. The lowest BCUT2D eigenvalue weighted by Gasteiger charge is -2.11.